The predicted molar refractivity (Wildman–Crippen MR) is 118 cm³/mol. The van der Waals surface area contributed by atoms with E-state index in [-0.39, 0.29) is 30.7 Å². The van der Waals surface area contributed by atoms with Crippen LogP contribution in [0.5, 0.6) is 11.5 Å². The second-order valence-electron chi connectivity index (χ2n) is 7.24. The number of piperidine rings is 1. The molecule has 7 nitrogen and oxygen atoms in total. The molecule has 1 aromatic carbocycles. The second-order valence-corrected chi connectivity index (χ2v) is 7.24. The van der Waals surface area contributed by atoms with Crippen LogP contribution in [0, 0.1) is 0 Å². The van der Waals surface area contributed by atoms with E-state index in [2.05, 4.69) is 10.2 Å². The number of hydrogen-bond acceptors (Lipinski definition) is 6. The monoisotopic (exact) mass is 449 g/mol. The van der Waals surface area contributed by atoms with E-state index in [9.17, 15) is 4.79 Å². The smallest absolute Gasteiger partial charge is 0.254 e. The number of benzene rings is 1. The predicted octanol–water partition coefficient (Wildman–Crippen LogP) is 1.96. The van der Waals surface area contributed by atoms with Gasteiger partial charge in [0.25, 0.3) is 5.91 Å². The Bertz CT molecular complexity index is 626. The number of rotatable bonds is 6. The third-order valence-electron chi connectivity index (χ3n) is 5.67. The number of carbonyl (C=O) groups is 1. The fraction of sp³-hybridized carbons (Fsp3) is 0.650. The average Bonchev–Trinajstić information content (AvgIpc) is 2.74. The van der Waals surface area contributed by atoms with Gasteiger partial charge in [0.15, 0.2) is 0 Å². The number of methoxy groups -OCH3 is 3. The molecule has 0 bridgehead atoms. The van der Waals surface area contributed by atoms with Crippen molar-refractivity contribution in [1.82, 2.24) is 15.1 Å². The summed E-state index contributed by atoms with van der Waals surface area (Å²) in [5, 5.41) is 3.31. The van der Waals surface area contributed by atoms with Crippen LogP contribution in [0.4, 0.5) is 0 Å². The first-order chi connectivity index (χ1) is 13.1. The van der Waals surface area contributed by atoms with Gasteiger partial charge in [-0.3, -0.25) is 9.69 Å². The molecule has 29 heavy (non-hydrogen) atoms. The summed E-state index contributed by atoms with van der Waals surface area (Å²) >= 11 is 0. The van der Waals surface area contributed by atoms with Crippen LogP contribution in [0.3, 0.4) is 0 Å². The van der Waals surface area contributed by atoms with Crippen molar-refractivity contribution < 1.29 is 19.0 Å². The summed E-state index contributed by atoms with van der Waals surface area (Å²) < 4.78 is 16.4. The van der Waals surface area contributed by atoms with Crippen LogP contribution in [-0.2, 0) is 16.1 Å². The fourth-order valence-electron chi connectivity index (χ4n) is 3.95. The highest BCUT2D eigenvalue weighted by Gasteiger charge is 2.42. The molecule has 0 spiro atoms. The first-order valence-electron chi connectivity index (χ1n) is 9.60. The highest BCUT2D eigenvalue weighted by Crippen LogP contribution is 2.27. The van der Waals surface area contributed by atoms with Gasteiger partial charge in [-0.1, -0.05) is 0 Å². The molecule has 9 heteroatoms. The topological polar surface area (TPSA) is 63.3 Å². The van der Waals surface area contributed by atoms with Crippen molar-refractivity contribution in [2.75, 3.05) is 60.6 Å². The van der Waals surface area contributed by atoms with Crippen molar-refractivity contribution in [2.24, 2.45) is 0 Å². The summed E-state index contributed by atoms with van der Waals surface area (Å²) in [6, 6.07) is 5.95. The number of amides is 1. The number of nitrogens with one attached hydrogen (secondary N) is 1. The molecule has 0 radical (unpaired) electrons. The molecule has 0 aromatic heterocycles. The molecular formula is C20H33Cl2N3O4. The van der Waals surface area contributed by atoms with Gasteiger partial charge >= 0.3 is 0 Å². The molecular weight excluding hydrogens is 417 g/mol. The van der Waals surface area contributed by atoms with Gasteiger partial charge < -0.3 is 24.4 Å². The normalized spacial score (nSPS) is 18.9. The number of piperazine rings is 1. The summed E-state index contributed by atoms with van der Waals surface area (Å²) in [6.07, 6.45) is 1.48. The minimum atomic E-state index is -0.645. The van der Waals surface area contributed by atoms with Crippen molar-refractivity contribution in [3.8, 4) is 11.5 Å². The Morgan fingerprint density at radius 2 is 1.52 bits per heavy atom. The van der Waals surface area contributed by atoms with Gasteiger partial charge in [0.2, 0.25) is 0 Å². The molecule has 166 valence electrons. The Morgan fingerprint density at radius 3 is 2.00 bits per heavy atom. The van der Waals surface area contributed by atoms with E-state index < -0.39 is 5.60 Å². The van der Waals surface area contributed by atoms with Gasteiger partial charge in [-0.2, -0.15) is 0 Å². The van der Waals surface area contributed by atoms with E-state index in [1.807, 2.05) is 23.1 Å². The third kappa shape index (κ3) is 6.12. The zero-order valence-electron chi connectivity index (χ0n) is 17.4. The maximum absolute atomic E-state index is 13.1. The molecule has 0 saturated carbocycles. The lowest BCUT2D eigenvalue weighted by Gasteiger charge is -2.42. The van der Waals surface area contributed by atoms with Crippen LogP contribution in [0.1, 0.15) is 18.4 Å². The molecule has 1 aromatic rings. The highest BCUT2D eigenvalue weighted by atomic mass is 35.5. The second kappa shape index (κ2) is 11.8. The van der Waals surface area contributed by atoms with E-state index in [1.54, 1.807) is 21.3 Å². The molecule has 1 amide bonds. The minimum Gasteiger partial charge on any atom is -0.497 e. The quantitative estimate of drug-likeness (QED) is 0.715. The molecule has 2 fully saturated rings. The van der Waals surface area contributed by atoms with Crippen LogP contribution < -0.4 is 14.8 Å². The number of ether oxygens (including phenoxy) is 3. The van der Waals surface area contributed by atoms with Crippen LogP contribution in [-0.4, -0.2) is 81.9 Å². The lowest BCUT2D eigenvalue weighted by Crippen LogP contribution is -2.59. The standard InChI is InChI=1S/C20H31N3O4.2ClH/c1-25-17-12-16(13-18(14-17)26-2)15-22-8-10-23(11-9-22)19(24)20(27-3)4-6-21-7-5-20;;/h12-14,21H,4-11,15H2,1-3H3;2*1H. The lowest BCUT2D eigenvalue weighted by atomic mass is 9.90. The van der Waals surface area contributed by atoms with Crippen molar-refractivity contribution >= 4 is 30.7 Å². The molecule has 0 aliphatic carbocycles. The number of carbonyl (C=O) groups excluding carboxylic acids is 1. The van der Waals surface area contributed by atoms with E-state index in [0.717, 1.165) is 75.7 Å². The maximum Gasteiger partial charge on any atom is 0.254 e. The van der Waals surface area contributed by atoms with Crippen LogP contribution in [0.25, 0.3) is 0 Å². The SMILES string of the molecule is COc1cc(CN2CCN(C(=O)C3(OC)CCNCC3)CC2)cc(OC)c1.Cl.Cl. The molecule has 1 N–H and O–H groups in total. The van der Waals surface area contributed by atoms with Crippen molar-refractivity contribution in [2.45, 2.75) is 25.0 Å². The summed E-state index contributed by atoms with van der Waals surface area (Å²) in [7, 11) is 4.99. The Kier molecular flexibility index (Phi) is 10.5. The van der Waals surface area contributed by atoms with Crippen LogP contribution in [0.2, 0.25) is 0 Å². The first-order valence-corrected chi connectivity index (χ1v) is 9.60. The Labute approximate surface area is 185 Å². The van der Waals surface area contributed by atoms with E-state index >= 15 is 0 Å². The van der Waals surface area contributed by atoms with E-state index in [4.69, 9.17) is 14.2 Å². The Morgan fingerprint density at radius 1 is 0.966 bits per heavy atom. The maximum atomic E-state index is 13.1. The van der Waals surface area contributed by atoms with Crippen molar-refractivity contribution in [3.05, 3.63) is 23.8 Å². The van der Waals surface area contributed by atoms with E-state index in [0.29, 0.717) is 0 Å². The fourth-order valence-corrected chi connectivity index (χ4v) is 3.95. The van der Waals surface area contributed by atoms with Gasteiger partial charge in [-0.05, 0) is 43.6 Å². The molecule has 0 unspecified atom stereocenters. The van der Waals surface area contributed by atoms with Crippen molar-refractivity contribution in [3.63, 3.8) is 0 Å². The Hall–Kier alpha value is -1.25. The van der Waals surface area contributed by atoms with Gasteiger partial charge in [0.05, 0.1) is 14.2 Å². The zero-order chi connectivity index (χ0) is 19.3. The summed E-state index contributed by atoms with van der Waals surface area (Å²) in [4.78, 5) is 17.4. The molecule has 2 saturated heterocycles. The van der Waals surface area contributed by atoms with Crippen LogP contribution in [0.15, 0.2) is 18.2 Å². The van der Waals surface area contributed by atoms with Gasteiger partial charge in [0, 0.05) is 45.9 Å². The number of hydrogen-bond donors (Lipinski definition) is 1. The van der Waals surface area contributed by atoms with Crippen LogP contribution >= 0.6 is 24.8 Å². The van der Waals surface area contributed by atoms with Gasteiger partial charge in [-0.25, -0.2) is 0 Å². The number of nitrogens with zero attached hydrogens (tertiary/aromatic N) is 2. The first kappa shape index (κ1) is 25.8. The third-order valence-corrected chi connectivity index (χ3v) is 5.67. The minimum absolute atomic E-state index is 0. The lowest BCUT2D eigenvalue weighted by molar-refractivity contribution is -0.160. The molecule has 2 aliphatic heterocycles. The zero-order valence-corrected chi connectivity index (χ0v) is 19.1. The van der Waals surface area contributed by atoms with Gasteiger partial charge in [0.1, 0.15) is 17.1 Å². The summed E-state index contributed by atoms with van der Waals surface area (Å²) in [5.74, 6) is 1.74. The molecule has 3 rings (SSSR count). The van der Waals surface area contributed by atoms with Crippen molar-refractivity contribution in [1.29, 1.82) is 0 Å². The van der Waals surface area contributed by atoms with E-state index in [1.165, 1.54) is 0 Å². The average molecular weight is 450 g/mol. The van der Waals surface area contributed by atoms with Gasteiger partial charge in [-0.15, -0.1) is 24.8 Å². The number of halogens is 2. The molecule has 0 atom stereocenters. The summed E-state index contributed by atoms with van der Waals surface area (Å²) in [5.41, 5.74) is 0.505. The molecule has 2 heterocycles. The Balaban J connectivity index is 0.00000210. The largest absolute Gasteiger partial charge is 0.497 e. The molecule has 2 aliphatic rings. The highest BCUT2D eigenvalue weighted by molar-refractivity contribution is 5.86. The summed E-state index contributed by atoms with van der Waals surface area (Å²) in [6.45, 7) is 5.65.